The first-order valence-electron chi connectivity index (χ1n) is 3.24. The van der Waals surface area contributed by atoms with E-state index in [0.29, 0.717) is 6.54 Å². The third kappa shape index (κ3) is 6.83. The Morgan fingerprint density at radius 1 is 1.60 bits per heavy atom. The van der Waals surface area contributed by atoms with Crippen molar-refractivity contribution in [2.24, 2.45) is 5.73 Å². The molecule has 0 aliphatic carbocycles. The molecule has 3 nitrogen and oxygen atoms in total. The molecule has 0 radical (unpaired) electrons. The Bertz CT molecular complexity index is 137. The monoisotopic (exact) mass is 140 g/mol. The number of hydrogen-bond acceptors (Lipinski definition) is 1. The lowest BCUT2D eigenvalue weighted by Crippen LogP contribution is -2.29. The van der Waals surface area contributed by atoms with Crippen molar-refractivity contribution >= 4 is 6.03 Å². The number of urea groups is 1. The smallest absolute Gasteiger partial charge is 0.312 e. The molecule has 56 valence electrons. The van der Waals surface area contributed by atoms with E-state index in [-0.39, 0.29) is 0 Å². The molecule has 2 amide bonds. The molecule has 0 fully saturated rings. The Hall–Kier alpha value is -1.17. The van der Waals surface area contributed by atoms with Crippen molar-refractivity contribution in [2.45, 2.75) is 19.3 Å². The summed E-state index contributed by atoms with van der Waals surface area (Å²) >= 11 is 0. The molecule has 0 aromatic heterocycles. The second-order valence-electron chi connectivity index (χ2n) is 1.95. The zero-order valence-electron chi connectivity index (χ0n) is 5.89. The van der Waals surface area contributed by atoms with Gasteiger partial charge < -0.3 is 11.1 Å². The molecule has 0 aliphatic heterocycles. The lowest BCUT2D eigenvalue weighted by Gasteiger charge is -1.97. The molecular weight excluding hydrogens is 128 g/mol. The maximum Gasteiger partial charge on any atom is 0.312 e. The van der Waals surface area contributed by atoms with Crippen molar-refractivity contribution in [1.82, 2.24) is 5.32 Å². The fourth-order valence-electron chi connectivity index (χ4n) is 0.564. The third-order valence-corrected chi connectivity index (χ3v) is 1.05. The molecule has 3 heteroatoms. The molecule has 0 rings (SSSR count). The van der Waals surface area contributed by atoms with Crippen LogP contribution in [0, 0.1) is 12.3 Å². The summed E-state index contributed by atoms with van der Waals surface area (Å²) < 4.78 is 0. The zero-order chi connectivity index (χ0) is 7.82. The van der Waals surface area contributed by atoms with Crippen LogP contribution in [-0.4, -0.2) is 12.6 Å². The fraction of sp³-hybridized carbons (Fsp3) is 0.571. The molecule has 3 N–H and O–H groups in total. The number of carbonyl (C=O) groups excluding carboxylic acids is 1. The highest BCUT2D eigenvalue weighted by molar-refractivity contribution is 5.71. The molecule has 0 saturated heterocycles. The average molecular weight is 140 g/mol. The minimum Gasteiger partial charge on any atom is -0.352 e. The Kier molecular flexibility index (Phi) is 5.26. The Morgan fingerprint density at radius 3 is 2.80 bits per heavy atom. The minimum absolute atomic E-state index is 0.472. The highest BCUT2D eigenvalue weighted by Crippen LogP contribution is 1.90. The average Bonchev–Trinajstić information content (AvgIpc) is 1.87. The van der Waals surface area contributed by atoms with Crippen LogP contribution in [-0.2, 0) is 0 Å². The van der Waals surface area contributed by atoms with Gasteiger partial charge in [0.05, 0.1) is 0 Å². The number of nitrogens with one attached hydrogen (secondary N) is 1. The second-order valence-corrected chi connectivity index (χ2v) is 1.95. The van der Waals surface area contributed by atoms with Crippen LogP contribution < -0.4 is 11.1 Å². The van der Waals surface area contributed by atoms with Gasteiger partial charge in [-0.05, 0) is 12.8 Å². The van der Waals surface area contributed by atoms with E-state index in [1.54, 1.807) is 0 Å². The summed E-state index contributed by atoms with van der Waals surface area (Å²) in [5, 5.41) is 2.47. The molecule has 0 aromatic rings. The van der Waals surface area contributed by atoms with E-state index in [2.05, 4.69) is 11.2 Å². The van der Waals surface area contributed by atoms with Gasteiger partial charge in [0.2, 0.25) is 0 Å². The molecule has 0 spiro atoms. The summed E-state index contributed by atoms with van der Waals surface area (Å²) in [6, 6.07) is -0.472. The summed E-state index contributed by atoms with van der Waals surface area (Å²) in [7, 11) is 0. The van der Waals surface area contributed by atoms with Crippen molar-refractivity contribution in [1.29, 1.82) is 0 Å². The first-order chi connectivity index (χ1) is 4.77. The fourth-order valence-corrected chi connectivity index (χ4v) is 0.564. The highest BCUT2D eigenvalue weighted by atomic mass is 16.2. The van der Waals surface area contributed by atoms with Gasteiger partial charge in [0, 0.05) is 13.0 Å². The Labute approximate surface area is 61.0 Å². The quantitative estimate of drug-likeness (QED) is 0.432. The normalized spacial score (nSPS) is 8.30. The van der Waals surface area contributed by atoms with Gasteiger partial charge in [-0.2, -0.15) is 0 Å². The number of unbranched alkanes of at least 4 members (excludes halogenated alkanes) is 2. The van der Waals surface area contributed by atoms with Gasteiger partial charge in [0.1, 0.15) is 0 Å². The van der Waals surface area contributed by atoms with Crippen molar-refractivity contribution in [3.63, 3.8) is 0 Å². The van der Waals surface area contributed by atoms with Crippen LogP contribution in [0.5, 0.6) is 0 Å². The van der Waals surface area contributed by atoms with Gasteiger partial charge in [0.25, 0.3) is 0 Å². The van der Waals surface area contributed by atoms with Crippen LogP contribution in [0.25, 0.3) is 0 Å². The molecule has 10 heavy (non-hydrogen) atoms. The van der Waals surface area contributed by atoms with Gasteiger partial charge >= 0.3 is 6.03 Å². The number of hydrogen-bond donors (Lipinski definition) is 2. The molecule has 0 bridgehead atoms. The van der Waals surface area contributed by atoms with E-state index in [9.17, 15) is 4.79 Å². The van der Waals surface area contributed by atoms with E-state index < -0.39 is 6.03 Å². The van der Waals surface area contributed by atoms with Crippen molar-refractivity contribution in [3.05, 3.63) is 0 Å². The van der Waals surface area contributed by atoms with Gasteiger partial charge in [-0.3, -0.25) is 0 Å². The van der Waals surface area contributed by atoms with Crippen molar-refractivity contribution in [3.8, 4) is 12.3 Å². The van der Waals surface area contributed by atoms with Crippen molar-refractivity contribution in [2.75, 3.05) is 6.54 Å². The maximum atomic E-state index is 10.1. The highest BCUT2D eigenvalue weighted by Gasteiger charge is 1.89. The van der Waals surface area contributed by atoms with E-state index in [1.807, 2.05) is 0 Å². The topological polar surface area (TPSA) is 55.1 Å². The number of nitrogens with two attached hydrogens (primary N) is 1. The predicted molar refractivity (Wildman–Crippen MR) is 40.3 cm³/mol. The summed E-state index contributed by atoms with van der Waals surface area (Å²) in [6.45, 7) is 0.622. The lowest BCUT2D eigenvalue weighted by atomic mass is 10.2. The number of primary amides is 1. The van der Waals surface area contributed by atoms with E-state index in [1.165, 1.54) is 0 Å². The SMILES string of the molecule is C#CCCCCNC(N)=O. The predicted octanol–water partition coefficient (Wildman–Crippen LogP) is 0.458. The summed E-state index contributed by atoms with van der Waals surface area (Å²) in [4.78, 5) is 10.1. The molecule has 0 heterocycles. The molecule has 0 unspecified atom stereocenters. The van der Waals surface area contributed by atoms with Gasteiger partial charge in [-0.1, -0.05) is 0 Å². The first kappa shape index (κ1) is 8.83. The molecule has 0 aliphatic rings. The van der Waals surface area contributed by atoms with Crippen molar-refractivity contribution < 1.29 is 4.79 Å². The standard InChI is InChI=1S/C7H12N2O/c1-2-3-4-5-6-9-7(8)10/h1H,3-6H2,(H3,8,9,10). The summed E-state index contributed by atoms with van der Waals surface area (Å²) in [5.41, 5.74) is 4.82. The largest absolute Gasteiger partial charge is 0.352 e. The van der Waals surface area contributed by atoms with E-state index in [4.69, 9.17) is 12.2 Å². The lowest BCUT2D eigenvalue weighted by molar-refractivity contribution is 0.249. The Morgan fingerprint density at radius 2 is 2.30 bits per heavy atom. The van der Waals surface area contributed by atoms with Crippen LogP contribution in [0.1, 0.15) is 19.3 Å². The molecule has 0 aromatic carbocycles. The first-order valence-corrected chi connectivity index (χ1v) is 3.24. The number of terminal acetylenes is 1. The van der Waals surface area contributed by atoms with Crippen LogP contribution >= 0.6 is 0 Å². The molecule has 0 atom stereocenters. The minimum atomic E-state index is -0.472. The third-order valence-electron chi connectivity index (χ3n) is 1.05. The number of carbonyl (C=O) groups is 1. The molecule has 0 saturated carbocycles. The van der Waals surface area contributed by atoms with Crippen LogP contribution in [0.15, 0.2) is 0 Å². The number of rotatable bonds is 4. The molecular formula is C7H12N2O. The van der Waals surface area contributed by atoms with Gasteiger partial charge in [0.15, 0.2) is 0 Å². The van der Waals surface area contributed by atoms with Crippen LogP contribution in [0.3, 0.4) is 0 Å². The summed E-state index contributed by atoms with van der Waals surface area (Å²) in [5.74, 6) is 2.51. The van der Waals surface area contributed by atoms with Crippen LogP contribution in [0.2, 0.25) is 0 Å². The summed E-state index contributed by atoms with van der Waals surface area (Å²) in [6.07, 6.45) is 7.61. The second kappa shape index (κ2) is 5.96. The van der Waals surface area contributed by atoms with Crippen LogP contribution in [0.4, 0.5) is 4.79 Å². The van der Waals surface area contributed by atoms with E-state index >= 15 is 0 Å². The van der Waals surface area contributed by atoms with E-state index in [0.717, 1.165) is 19.3 Å². The van der Waals surface area contributed by atoms with Gasteiger partial charge in [-0.25, -0.2) is 4.79 Å². The number of amides is 2. The maximum absolute atomic E-state index is 10.1. The Balaban J connectivity index is 2.92. The van der Waals surface area contributed by atoms with Gasteiger partial charge in [-0.15, -0.1) is 12.3 Å². The zero-order valence-corrected chi connectivity index (χ0v) is 5.89.